The van der Waals surface area contributed by atoms with Crippen LogP contribution < -0.4 is 10.6 Å². The van der Waals surface area contributed by atoms with Crippen molar-refractivity contribution in [3.05, 3.63) is 23.9 Å². The highest BCUT2D eigenvalue weighted by atomic mass is 32.1. The number of pyridine rings is 1. The topological polar surface area (TPSA) is 42.1 Å². The monoisotopic (exact) mass is 277 g/mol. The molecule has 0 radical (unpaired) electrons. The molecular weight excluding hydrogens is 254 g/mol. The Balaban J connectivity index is 2.05. The van der Waals surface area contributed by atoms with Gasteiger partial charge in [-0.2, -0.15) is 0 Å². The third-order valence-electron chi connectivity index (χ3n) is 4.03. The van der Waals surface area contributed by atoms with Crippen molar-refractivity contribution in [2.45, 2.75) is 33.6 Å². The van der Waals surface area contributed by atoms with Gasteiger partial charge in [0.05, 0.1) is 5.69 Å². The first-order chi connectivity index (χ1) is 8.88. The number of anilines is 1. The summed E-state index contributed by atoms with van der Waals surface area (Å²) in [6.07, 6.45) is 2.45. The SMILES string of the molecule is CC(C)(C)C1CCN(c2cccc(C(N)=S)n2)CC1. The van der Waals surface area contributed by atoms with Gasteiger partial charge in [-0.25, -0.2) is 4.98 Å². The summed E-state index contributed by atoms with van der Waals surface area (Å²) in [5, 5.41) is 0. The number of thiocarbonyl (C=S) groups is 1. The molecule has 1 aromatic heterocycles. The summed E-state index contributed by atoms with van der Waals surface area (Å²) in [7, 11) is 0. The maximum Gasteiger partial charge on any atom is 0.129 e. The van der Waals surface area contributed by atoms with E-state index in [0.717, 1.165) is 24.8 Å². The van der Waals surface area contributed by atoms with Crippen molar-refractivity contribution >= 4 is 23.0 Å². The van der Waals surface area contributed by atoms with Crippen LogP contribution in [-0.4, -0.2) is 23.1 Å². The summed E-state index contributed by atoms with van der Waals surface area (Å²) in [5.74, 6) is 1.79. The first-order valence-electron chi connectivity index (χ1n) is 6.90. The van der Waals surface area contributed by atoms with Crippen molar-refractivity contribution in [1.29, 1.82) is 0 Å². The normalized spacial score (nSPS) is 17.5. The lowest BCUT2D eigenvalue weighted by Crippen LogP contribution is -2.38. The second kappa shape index (κ2) is 5.45. The molecule has 1 aliphatic rings. The van der Waals surface area contributed by atoms with Crippen molar-refractivity contribution in [3.8, 4) is 0 Å². The lowest BCUT2D eigenvalue weighted by Gasteiger charge is -2.39. The van der Waals surface area contributed by atoms with E-state index in [1.807, 2.05) is 18.2 Å². The Labute approximate surface area is 121 Å². The summed E-state index contributed by atoms with van der Waals surface area (Å²) >= 11 is 4.99. The molecule has 1 fully saturated rings. The van der Waals surface area contributed by atoms with E-state index in [-0.39, 0.29) is 0 Å². The minimum absolute atomic E-state index is 0.367. The van der Waals surface area contributed by atoms with Crippen LogP contribution in [0.4, 0.5) is 5.82 Å². The Hall–Kier alpha value is -1.16. The quantitative estimate of drug-likeness (QED) is 0.844. The van der Waals surface area contributed by atoms with Gasteiger partial charge in [-0.05, 0) is 36.3 Å². The van der Waals surface area contributed by atoms with Gasteiger partial charge in [0.25, 0.3) is 0 Å². The highest BCUT2D eigenvalue weighted by Gasteiger charge is 2.29. The first kappa shape index (κ1) is 14.3. The summed E-state index contributed by atoms with van der Waals surface area (Å²) in [6, 6.07) is 5.89. The lowest BCUT2D eigenvalue weighted by molar-refractivity contribution is 0.198. The fourth-order valence-corrected chi connectivity index (χ4v) is 2.82. The molecule has 0 bridgehead atoms. The molecule has 0 saturated carbocycles. The first-order valence-corrected chi connectivity index (χ1v) is 7.30. The van der Waals surface area contributed by atoms with Crippen molar-refractivity contribution in [3.63, 3.8) is 0 Å². The zero-order valence-electron chi connectivity index (χ0n) is 12.0. The van der Waals surface area contributed by atoms with Crippen LogP contribution in [-0.2, 0) is 0 Å². The summed E-state index contributed by atoms with van der Waals surface area (Å²) < 4.78 is 0. The fraction of sp³-hybridized carbons (Fsp3) is 0.600. The minimum atomic E-state index is 0.367. The summed E-state index contributed by atoms with van der Waals surface area (Å²) in [6.45, 7) is 9.13. The van der Waals surface area contributed by atoms with Crippen LogP contribution >= 0.6 is 12.2 Å². The second-order valence-electron chi connectivity index (χ2n) is 6.37. The average molecular weight is 277 g/mol. The van der Waals surface area contributed by atoms with Gasteiger partial charge in [-0.1, -0.05) is 39.1 Å². The molecular formula is C15H23N3S. The average Bonchev–Trinajstić information content (AvgIpc) is 2.38. The van der Waals surface area contributed by atoms with E-state index in [2.05, 4.69) is 30.7 Å². The van der Waals surface area contributed by atoms with E-state index in [0.29, 0.717) is 16.1 Å². The van der Waals surface area contributed by atoms with Crippen molar-refractivity contribution in [1.82, 2.24) is 4.98 Å². The lowest BCUT2D eigenvalue weighted by atomic mass is 9.75. The van der Waals surface area contributed by atoms with Crippen LogP contribution in [0.25, 0.3) is 0 Å². The molecule has 0 unspecified atom stereocenters. The predicted molar refractivity (Wildman–Crippen MR) is 84.5 cm³/mol. The van der Waals surface area contributed by atoms with Gasteiger partial charge >= 0.3 is 0 Å². The molecule has 1 aliphatic heterocycles. The van der Waals surface area contributed by atoms with E-state index < -0.39 is 0 Å². The van der Waals surface area contributed by atoms with Gasteiger partial charge in [0, 0.05) is 13.1 Å². The van der Waals surface area contributed by atoms with E-state index in [1.165, 1.54) is 12.8 Å². The molecule has 0 amide bonds. The van der Waals surface area contributed by atoms with Crippen LogP contribution in [0.5, 0.6) is 0 Å². The molecule has 0 spiro atoms. The molecule has 1 saturated heterocycles. The Morgan fingerprint density at radius 2 is 1.95 bits per heavy atom. The molecule has 2 rings (SSSR count). The number of hydrogen-bond donors (Lipinski definition) is 1. The van der Waals surface area contributed by atoms with Gasteiger partial charge in [-0.15, -0.1) is 0 Å². The smallest absolute Gasteiger partial charge is 0.129 e. The largest absolute Gasteiger partial charge is 0.388 e. The number of nitrogens with zero attached hydrogens (tertiary/aromatic N) is 2. The Morgan fingerprint density at radius 1 is 1.32 bits per heavy atom. The number of piperidine rings is 1. The third kappa shape index (κ3) is 3.44. The molecule has 0 aliphatic carbocycles. The molecule has 0 atom stereocenters. The summed E-state index contributed by atoms with van der Waals surface area (Å²) in [4.78, 5) is 7.25. The van der Waals surface area contributed by atoms with Crippen molar-refractivity contribution in [2.75, 3.05) is 18.0 Å². The minimum Gasteiger partial charge on any atom is -0.388 e. The van der Waals surface area contributed by atoms with Crippen LogP contribution in [0.3, 0.4) is 0 Å². The predicted octanol–water partition coefficient (Wildman–Crippen LogP) is 2.98. The van der Waals surface area contributed by atoms with E-state index >= 15 is 0 Å². The Bertz CT molecular complexity index is 457. The van der Waals surface area contributed by atoms with Gasteiger partial charge in [-0.3, -0.25) is 0 Å². The standard InChI is InChI=1S/C15H23N3S/c1-15(2,3)11-7-9-18(10-8-11)13-6-4-5-12(17-13)14(16)19/h4-6,11H,7-10H2,1-3H3,(H2,16,19). The molecule has 3 nitrogen and oxygen atoms in total. The zero-order chi connectivity index (χ0) is 14.0. The fourth-order valence-electron chi connectivity index (χ4n) is 2.71. The number of aromatic nitrogens is 1. The van der Waals surface area contributed by atoms with Crippen LogP contribution in [0.1, 0.15) is 39.3 Å². The van der Waals surface area contributed by atoms with Crippen LogP contribution in [0.2, 0.25) is 0 Å². The number of nitrogens with two attached hydrogens (primary N) is 1. The molecule has 2 heterocycles. The van der Waals surface area contributed by atoms with Crippen LogP contribution in [0.15, 0.2) is 18.2 Å². The van der Waals surface area contributed by atoms with E-state index in [9.17, 15) is 0 Å². The maximum absolute atomic E-state index is 5.64. The number of rotatable bonds is 2. The van der Waals surface area contributed by atoms with Crippen molar-refractivity contribution < 1.29 is 0 Å². The maximum atomic E-state index is 5.64. The van der Waals surface area contributed by atoms with Gasteiger partial charge < -0.3 is 10.6 Å². The Morgan fingerprint density at radius 3 is 2.47 bits per heavy atom. The van der Waals surface area contributed by atoms with Gasteiger partial charge in [0.2, 0.25) is 0 Å². The van der Waals surface area contributed by atoms with Gasteiger partial charge in [0.1, 0.15) is 10.8 Å². The van der Waals surface area contributed by atoms with Crippen molar-refractivity contribution in [2.24, 2.45) is 17.1 Å². The molecule has 2 N–H and O–H groups in total. The molecule has 19 heavy (non-hydrogen) atoms. The summed E-state index contributed by atoms with van der Waals surface area (Å²) in [5.41, 5.74) is 6.76. The highest BCUT2D eigenvalue weighted by Crippen LogP contribution is 2.35. The molecule has 4 heteroatoms. The van der Waals surface area contributed by atoms with Crippen LogP contribution in [0, 0.1) is 11.3 Å². The molecule has 104 valence electrons. The Kier molecular flexibility index (Phi) is 4.09. The van der Waals surface area contributed by atoms with E-state index in [1.54, 1.807) is 0 Å². The van der Waals surface area contributed by atoms with Gasteiger partial charge in [0.15, 0.2) is 0 Å². The third-order valence-corrected chi connectivity index (χ3v) is 4.24. The number of hydrogen-bond acceptors (Lipinski definition) is 3. The zero-order valence-corrected chi connectivity index (χ0v) is 12.8. The second-order valence-corrected chi connectivity index (χ2v) is 6.81. The molecule has 0 aromatic carbocycles. The molecule has 1 aromatic rings. The van der Waals surface area contributed by atoms with E-state index in [4.69, 9.17) is 18.0 Å². The highest BCUT2D eigenvalue weighted by molar-refractivity contribution is 7.80.